The summed E-state index contributed by atoms with van der Waals surface area (Å²) in [5, 5.41) is 9.17. The minimum absolute atomic E-state index is 0.0991. The van der Waals surface area contributed by atoms with Crippen molar-refractivity contribution in [3.05, 3.63) is 35.9 Å². The van der Waals surface area contributed by atoms with Gasteiger partial charge in [-0.1, -0.05) is 51.1 Å². The van der Waals surface area contributed by atoms with E-state index in [2.05, 4.69) is 20.8 Å². The molecule has 0 amide bonds. The molecule has 0 heterocycles. The Bertz CT molecular complexity index is 330. The van der Waals surface area contributed by atoms with Gasteiger partial charge in [-0.05, 0) is 23.7 Å². The van der Waals surface area contributed by atoms with Crippen LogP contribution in [-0.2, 0) is 9.46 Å². The molecule has 1 rings (SSSR count). The van der Waals surface area contributed by atoms with Crippen molar-refractivity contribution in [1.82, 2.24) is 0 Å². The van der Waals surface area contributed by atoms with Crippen molar-refractivity contribution in [2.45, 2.75) is 51.4 Å². The third-order valence-corrected chi connectivity index (χ3v) is 8.15. The Labute approximate surface area is 117 Å². The average molecular weight is 282 g/mol. The van der Waals surface area contributed by atoms with Gasteiger partial charge in [0.25, 0.3) is 0 Å². The zero-order valence-corrected chi connectivity index (χ0v) is 13.3. The van der Waals surface area contributed by atoms with Gasteiger partial charge in [0.05, 0.1) is 0 Å². The first-order valence-corrected chi connectivity index (χ1v) is 9.74. The van der Waals surface area contributed by atoms with E-state index in [1.165, 1.54) is 0 Å². The van der Waals surface area contributed by atoms with Gasteiger partial charge in [0.2, 0.25) is 8.32 Å². The molecule has 1 N–H and O–H groups in total. The topological polar surface area (TPSA) is 38.7 Å². The van der Waals surface area contributed by atoms with E-state index in [1.54, 1.807) is 0 Å². The van der Waals surface area contributed by atoms with E-state index in [9.17, 15) is 5.11 Å². The second kappa shape index (κ2) is 8.48. The summed E-state index contributed by atoms with van der Waals surface area (Å²) in [4.78, 5) is 5.71. The Hall–Kier alpha value is -0.683. The first-order chi connectivity index (χ1) is 9.21. The van der Waals surface area contributed by atoms with Gasteiger partial charge in [-0.2, -0.15) is 0 Å². The van der Waals surface area contributed by atoms with Gasteiger partial charge >= 0.3 is 0 Å². The highest BCUT2D eigenvalue weighted by molar-refractivity contribution is 6.73. The van der Waals surface area contributed by atoms with Crippen LogP contribution in [0.25, 0.3) is 0 Å². The van der Waals surface area contributed by atoms with Gasteiger partial charge < -0.3 is 5.11 Å². The summed E-state index contributed by atoms with van der Waals surface area (Å²) in [5.41, 5.74) is 1.06. The van der Waals surface area contributed by atoms with Crippen molar-refractivity contribution < 1.29 is 14.6 Å². The van der Waals surface area contributed by atoms with Crippen molar-refractivity contribution >= 4 is 8.32 Å². The summed E-state index contributed by atoms with van der Waals surface area (Å²) >= 11 is 0. The first kappa shape index (κ1) is 16.4. The van der Waals surface area contributed by atoms with E-state index in [0.29, 0.717) is 6.42 Å². The van der Waals surface area contributed by atoms with Crippen molar-refractivity contribution in [1.29, 1.82) is 0 Å². The third kappa shape index (κ3) is 4.73. The lowest BCUT2D eigenvalue weighted by atomic mass is 10.1. The van der Waals surface area contributed by atoms with Gasteiger partial charge in [-0.25, -0.2) is 4.89 Å². The maximum Gasteiger partial charge on any atom is 0.238 e. The zero-order chi connectivity index (χ0) is 14.1. The maximum atomic E-state index is 9.17. The van der Waals surface area contributed by atoms with E-state index in [-0.39, 0.29) is 12.7 Å². The summed E-state index contributed by atoms with van der Waals surface area (Å²) < 4.78 is 5.87. The Morgan fingerprint density at radius 2 is 1.63 bits per heavy atom. The Kier molecular flexibility index (Phi) is 7.31. The molecule has 3 nitrogen and oxygen atoms in total. The number of benzene rings is 1. The van der Waals surface area contributed by atoms with Gasteiger partial charge in [-0.3, -0.25) is 4.58 Å². The molecule has 1 atom stereocenters. The number of aliphatic hydroxyl groups is 1. The molecule has 0 aliphatic carbocycles. The fraction of sp³-hybridized carbons (Fsp3) is 0.600. The maximum absolute atomic E-state index is 9.17. The summed E-state index contributed by atoms with van der Waals surface area (Å²) in [6, 6.07) is 13.1. The van der Waals surface area contributed by atoms with Crippen LogP contribution in [0.3, 0.4) is 0 Å². The monoisotopic (exact) mass is 282 g/mol. The van der Waals surface area contributed by atoms with E-state index in [0.717, 1.165) is 23.7 Å². The predicted molar refractivity (Wildman–Crippen MR) is 80.3 cm³/mol. The van der Waals surface area contributed by atoms with E-state index in [1.807, 2.05) is 30.3 Å². The summed E-state index contributed by atoms with van der Waals surface area (Å²) in [7, 11) is -1.75. The van der Waals surface area contributed by atoms with Crippen LogP contribution >= 0.6 is 0 Å². The van der Waals surface area contributed by atoms with Crippen molar-refractivity contribution in [2.75, 3.05) is 6.61 Å². The van der Waals surface area contributed by atoms with Crippen LogP contribution in [0.4, 0.5) is 0 Å². The molecule has 0 radical (unpaired) electrons. The average Bonchev–Trinajstić information content (AvgIpc) is 2.49. The van der Waals surface area contributed by atoms with Crippen LogP contribution in [0.15, 0.2) is 30.3 Å². The third-order valence-electron chi connectivity index (χ3n) is 3.84. The summed E-state index contributed by atoms with van der Waals surface area (Å²) in [5.74, 6) is 0. The van der Waals surface area contributed by atoms with Crippen molar-refractivity contribution in [3.8, 4) is 0 Å². The van der Waals surface area contributed by atoms with Gasteiger partial charge in [0.1, 0.15) is 6.10 Å². The minimum Gasteiger partial charge on any atom is -0.396 e. The Balaban J connectivity index is 2.69. The molecule has 0 bridgehead atoms. The molecule has 19 heavy (non-hydrogen) atoms. The lowest BCUT2D eigenvalue weighted by molar-refractivity contribution is -0.263. The van der Waals surface area contributed by atoms with Gasteiger partial charge in [0.15, 0.2) is 0 Å². The Morgan fingerprint density at radius 1 is 1.05 bits per heavy atom. The summed E-state index contributed by atoms with van der Waals surface area (Å²) in [6.45, 7) is 6.62. The van der Waals surface area contributed by atoms with Crippen LogP contribution in [0.2, 0.25) is 18.1 Å². The van der Waals surface area contributed by atoms with Crippen LogP contribution in [-0.4, -0.2) is 20.0 Å². The molecule has 0 aliphatic rings. The highest BCUT2D eigenvalue weighted by atomic mass is 28.4. The molecule has 0 fully saturated rings. The van der Waals surface area contributed by atoms with Crippen LogP contribution < -0.4 is 0 Å². The number of rotatable bonds is 9. The second-order valence-corrected chi connectivity index (χ2v) is 9.49. The number of aliphatic hydroxyl groups excluding tert-OH is 1. The van der Waals surface area contributed by atoms with E-state index < -0.39 is 8.32 Å². The first-order valence-electron chi connectivity index (χ1n) is 7.21. The SMILES string of the molecule is CC[Si](CC)(CC)OOC(CCO)c1ccccc1. The lowest BCUT2D eigenvalue weighted by Gasteiger charge is -2.28. The molecule has 0 saturated heterocycles. The zero-order valence-electron chi connectivity index (χ0n) is 12.3. The largest absolute Gasteiger partial charge is 0.396 e. The van der Waals surface area contributed by atoms with Crippen molar-refractivity contribution in [3.63, 3.8) is 0 Å². The minimum atomic E-state index is -1.75. The molecule has 4 heteroatoms. The molecule has 108 valence electrons. The van der Waals surface area contributed by atoms with E-state index in [4.69, 9.17) is 9.46 Å². The van der Waals surface area contributed by atoms with Gasteiger partial charge in [-0.15, -0.1) is 0 Å². The highest BCUT2D eigenvalue weighted by Crippen LogP contribution is 2.27. The molecule has 0 aromatic heterocycles. The number of hydrogen-bond donors (Lipinski definition) is 1. The molecule has 0 spiro atoms. The van der Waals surface area contributed by atoms with Crippen LogP contribution in [0.5, 0.6) is 0 Å². The molecule has 0 aliphatic heterocycles. The quantitative estimate of drug-likeness (QED) is 0.421. The molecule has 1 unspecified atom stereocenters. The van der Waals surface area contributed by atoms with Crippen molar-refractivity contribution in [2.24, 2.45) is 0 Å². The van der Waals surface area contributed by atoms with Gasteiger partial charge in [0, 0.05) is 13.0 Å². The Morgan fingerprint density at radius 3 is 2.11 bits per heavy atom. The highest BCUT2D eigenvalue weighted by Gasteiger charge is 2.32. The molecular weight excluding hydrogens is 256 g/mol. The molecular formula is C15H26O3Si. The van der Waals surface area contributed by atoms with Crippen LogP contribution in [0, 0.1) is 0 Å². The lowest BCUT2D eigenvalue weighted by Crippen LogP contribution is -2.36. The molecule has 1 aromatic carbocycles. The molecule has 1 aromatic rings. The fourth-order valence-electron chi connectivity index (χ4n) is 2.14. The van der Waals surface area contributed by atoms with Crippen LogP contribution in [0.1, 0.15) is 38.9 Å². The predicted octanol–water partition coefficient (Wildman–Crippen LogP) is 4.06. The standard InChI is InChI=1S/C15H26O3Si/c1-4-19(5-2,6-3)18-17-15(12-13-16)14-10-8-7-9-11-14/h7-11,15-16H,4-6,12-13H2,1-3H3. The second-order valence-electron chi connectivity index (χ2n) is 4.83. The molecule has 0 saturated carbocycles. The normalized spacial score (nSPS) is 13.5. The van der Waals surface area contributed by atoms with E-state index >= 15 is 0 Å². The summed E-state index contributed by atoms with van der Waals surface area (Å²) in [6.07, 6.45) is 0.383. The fourth-order valence-corrected chi connectivity index (χ4v) is 4.32. The number of hydrogen-bond acceptors (Lipinski definition) is 3. The smallest absolute Gasteiger partial charge is 0.238 e.